The van der Waals surface area contributed by atoms with Gasteiger partial charge in [-0.2, -0.15) is 5.10 Å². The van der Waals surface area contributed by atoms with Gasteiger partial charge in [-0.15, -0.1) is 0 Å². The van der Waals surface area contributed by atoms with Crippen LogP contribution in [0.25, 0.3) is 0 Å². The van der Waals surface area contributed by atoms with Crippen LogP contribution in [0.15, 0.2) is 34.9 Å². The van der Waals surface area contributed by atoms with Gasteiger partial charge < -0.3 is 9.64 Å². The largest absolute Gasteiger partial charge is 0.494 e. The zero-order valence-corrected chi connectivity index (χ0v) is 14.6. The van der Waals surface area contributed by atoms with Crippen LogP contribution in [0.1, 0.15) is 29.9 Å². The van der Waals surface area contributed by atoms with Crippen molar-refractivity contribution in [2.75, 3.05) is 13.7 Å². The van der Waals surface area contributed by atoms with Crippen LogP contribution in [0.2, 0.25) is 0 Å². The third kappa shape index (κ3) is 3.68. The number of hydrogen-bond donors (Lipinski definition) is 0. The van der Waals surface area contributed by atoms with Crippen LogP contribution >= 0.6 is 15.9 Å². The first-order chi connectivity index (χ1) is 10.6. The molecule has 22 heavy (non-hydrogen) atoms. The maximum atomic E-state index is 12.5. The van der Waals surface area contributed by atoms with Gasteiger partial charge in [0.15, 0.2) is 0 Å². The minimum Gasteiger partial charge on any atom is -0.494 e. The van der Waals surface area contributed by atoms with Crippen molar-refractivity contribution in [1.29, 1.82) is 0 Å². The van der Waals surface area contributed by atoms with E-state index in [0.29, 0.717) is 18.7 Å². The molecule has 0 unspecified atom stereocenters. The van der Waals surface area contributed by atoms with Gasteiger partial charge in [0, 0.05) is 19.2 Å². The minimum absolute atomic E-state index is 0.0289. The number of rotatable bonds is 6. The van der Waals surface area contributed by atoms with Gasteiger partial charge in [-0.1, -0.05) is 0 Å². The maximum Gasteiger partial charge on any atom is 0.253 e. The minimum atomic E-state index is -0.0289. The van der Waals surface area contributed by atoms with Crippen molar-refractivity contribution in [2.24, 2.45) is 0 Å². The van der Waals surface area contributed by atoms with Gasteiger partial charge in [0.1, 0.15) is 5.75 Å². The molecule has 1 heterocycles. The number of amides is 1. The van der Waals surface area contributed by atoms with E-state index in [-0.39, 0.29) is 5.91 Å². The van der Waals surface area contributed by atoms with Crippen molar-refractivity contribution >= 4 is 21.8 Å². The lowest BCUT2D eigenvalue weighted by molar-refractivity contribution is 0.0781. The number of ether oxygens (including phenoxy) is 1. The first-order valence-electron chi connectivity index (χ1n) is 7.25. The number of benzene rings is 1. The fourth-order valence-corrected chi connectivity index (χ4v) is 2.62. The summed E-state index contributed by atoms with van der Waals surface area (Å²) in [4.78, 5) is 14.2. The van der Waals surface area contributed by atoms with Gasteiger partial charge >= 0.3 is 0 Å². The average Bonchev–Trinajstić information content (AvgIpc) is 2.88. The zero-order chi connectivity index (χ0) is 16.1. The molecule has 0 aliphatic rings. The van der Waals surface area contributed by atoms with E-state index >= 15 is 0 Å². The number of carbonyl (C=O) groups excluding carboxylic acids is 1. The third-order valence-corrected chi connectivity index (χ3v) is 4.01. The van der Waals surface area contributed by atoms with Gasteiger partial charge in [0.25, 0.3) is 5.91 Å². The molecule has 0 N–H and O–H groups in total. The molecule has 5 nitrogen and oxygen atoms in total. The molecular weight excluding hydrogens is 346 g/mol. The molecule has 0 atom stereocenters. The van der Waals surface area contributed by atoms with Gasteiger partial charge in [0.2, 0.25) is 0 Å². The van der Waals surface area contributed by atoms with Gasteiger partial charge in [-0.05, 0) is 54.0 Å². The van der Waals surface area contributed by atoms with E-state index in [9.17, 15) is 4.79 Å². The summed E-state index contributed by atoms with van der Waals surface area (Å²) in [5, 5.41) is 4.27. The van der Waals surface area contributed by atoms with E-state index in [4.69, 9.17) is 4.74 Å². The summed E-state index contributed by atoms with van der Waals surface area (Å²) in [5.74, 6) is 0.743. The highest BCUT2D eigenvalue weighted by atomic mass is 79.9. The second-order valence-electron chi connectivity index (χ2n) is 4.87. The van der Waals surface area contributed by atoms with Crippen molar-refractivity contribution in [3.05, 3.63) is 46.2 Å². The summed E-state index contributed by atoms with van der Waals surface area (Å²) in [5.41, 5.74) is 1.63. The summed E-state index contributed by atoms with van der Waals surface area (Å²) < 4.78 is 8.19. The van der Waals surface area contributed by atoms with Gasteiger partial charge in [0.05, 0.1) is 29.5 Å². The van der Waals surface area contributed by atoms with Crippen molar-refractivity contribution in [2.45, 2.75) is 26.9 Å². The Morgan fingerprint density at radius 3 is 2.59 bits per heavy atom. The molecule has 0 saturated heterocycles. The molecule has 1 amide bonds. The quantitative estimate of drug-likeness (QED) is 0.788. The Labute approximate surface area is 139 Å². The molecule has 2 aromatic rings. The molecule has 0 aliphatic carbocycles. The van der Waals surface area contributed by atoms with E-state index in [2.05, 4.69) is 21.0 Å². The van der Waals surface area contributed by atoms with E-state index in [1.54, 1.807) is 30.3 Å². The van der Waals surface area contributed by atoms with Crippen molar-refractivity contribution in [3.8, 4) is 5.75 Å². The summed E-state index contributed by atoms with van der Waals surface area (Å²) in [6.45, 7) is 5.84. The Balaban J connectivity index is 2.10. The number of aromatic nitrogens is 2. The molecule has 0 spiro atoms. The second-order valence-corrected chi connectivity index (χ2v) is 5.73. The van der Waals surface area contributed by atoms with Crippen molar-refractivity contribution in [3.63, 3.8) is 0 Å². The van der Waals surface area contributed by atoms with Crippen LogP contribution < -0.4 is 4.74 Å². The molecule has 0 fully saturated rings. The second kappa shape index (κ2) is 7.45. The molecule has 1 aromatic heterocycles. The third-order valence-electron chi connectivity index (χ3n) is 3.34. The van der Waals surface area contributed by atoms with Crippen LogP contribution in [0.5, 0.6) is 5.75 Å². The molecule has 0 saturated carbocycles. The lowest BCUT2D eigenvalue weighted by Gasteiger charge is -2.18. The highest BCUT2D eigenvalue weighted by molar-refractivity contribution is 9.10. The summed E-state index contributed by atoms with van der Waals surface area (Å²) >= 11 is 3.48. The van der Waals surface area contributed by atoms with E-state index in [1.165, 1.54) is 0 Å². The number of hydrogen-bond acceptors (Lipinski definition) is 3. The highest BCUT2D eigenvalue weighted by Gasteiger charge is 2.16. The smallest absolute Gasteiger partial charge is 0.253 e. The van der Waals surface area contributed by atoms with Crippen LogP contribution in [0.4, 0.5) is 0 Å². The molecule has 0 radical (unpaired) electrons. The van der Waals surface area contributed by atoms with E-state index in [0.717, 1.165) is 22.5 Å². The standard InChI is InChI=1S/C16H20BrN3O2/c1-4-20-15(14(17)10-18-20)11-19(3)16(21)12-6-8-13(9-7-12)22-5-2/h6-10H,4-5,11H2,1-3H3. The SMILES string of the molecule is CCOc1ccc(C(=O)N(C)Cc2c(Br)cnn2CC)cc1. The summed E-state index contributed by atoms with van der Waals surface area (Å²) in [6, 6.07) is 7.21. The zero-order valence-electron chi connectivity index (χ0n) is 13.0. The number of halogens is 1. The Kier molecular flexibility index (Phi) is 5.60. The van der Waals surface area contributed by atoms with E-state index < -0.39 is 0 Å². The molecule has 6 heteroatoms. The molecule has 2 rings (SSSR count). The first kappa shape index (κ1) is 16.5. The highest BCUT2D eigenvalue weighted by Crippen LogP contribution is 2.19. The monoisotopic (exact) mass is 365 g/mol. The van der Waals surface area contributed by atoms with Gasteiger partial charge in [-0.25, -0.2) is 0 Å². The Morgan fingerprint density at radius 2 is 2.00 bits per heavy atom. The van der Waals surface area contributed by atoms with Crippen molar-refractivity contribution < 1.29 is 9.53 Å². The lowest BCUT2D eigenvalue weighted by Crippen LogP contribution is -2.27. The van der Waals surface area contributed by atoms with Crippen molar-refractivity contribution in [1.82, 2.24) is 14.7 Å². The Hall–Kier alpha value is -1.82. The fourth-order valence-electron chi connectivity index (χ4n) is 2.19. The Bertz CT molecular complexity index is 637. The average molecular weight is 366 g/mol. The predicted octanol–water partition coefficient (Wildman–Crippen LogP) is 3.34. The van der Waals surface area contributed by atoms with Crippen LogP contribution in [-0.2, 0) is 13.1 Å². The molecular formula is C16H20BrN3O2. The fraction of sp³-hybridized carbons (Fsp3) is 0.375. The van der Waals surface area contributed by atoms with Gasteiger partial charge in [-0.3, -0.25) is 9.48 Å². The molecule has 118 valence electrons. The molecule has 1 aromatic carbocycles. The summed E-state index contributed by atoms with van der Waals surface area (Å²) in [6.07, 6.45) is 1.76. The number of carbonyl (C=O) groups is 1. The van der Waals surface area contributed by atoms with Crippen LogP contribution in [0, 0.1) is 0 Å². The topological polar surface area (TPSA) is 47.4 Å². The normalized spacial score (nSPS) is 10.5. The summed E-state index contributed by atoms with van der Waals surface area (Å²) in [7, 11) is 1.79. The molecule has 0 bridgehead atoms. The lowest BCUT2D eigenvalue weighted by atomic mass is 10.2. The predicted molar refractivity (Wildman–Crippen MR) is 89.0 cm³/mol. The number of aryl methyl sites for hydroxylation is 1. The van der Waals surface area contributed by atoms with E-state index in [1.807, 2.05) is 30.7 Å². The number of nitrogens with zero attached hydrogens (tertiary/aromatic N) is 3. The first-order valence-corrected chi connectivity index (χ1v) is 8.04. The maximum absolute atomic E-state index is 12.5. The van der Waals surface area contributed by atoms with Crippen LogP contribution in [0.3, 0.4) is 0 Å². The Morgan fingerprint density at radius 1 is 1.32 bits per heavy atom. The van der Waals surface area contributed by atoms with Crippen LogP contribution in [-0.4, -0.2) is 34.2 Å². The molecule has 0 aliphatic heterocycles.